The Bertz CT molecular complexity index is 601. The van der Waals surface area contributed by atoms with Crippen LogP contribution in [0.2, 0.25) is 0 Å². The monoisotopic (exact) mass is 368 g/mol. The van der Waals surface area contributed by atoms with Gasteiger partial charge < -0.3 is 0 Å². The molecule has 0 aliphatic heterocycles. The molecule has 0 bridgehead atoms. The minimum Gasteiger partial charge on any atom is -0.271 e. The number of hydrogen-bond acceptors (Lipinski definition) is 5. The van der Waals surface area contributed by atoms with Gasteiger partial charge in [0.25, 0.3) is 0 Å². The number of nitrogens with one attached hydrogen (secondary N) is 1. The van der Waals surface area contributed by atoms with E-state index in [2.05, 4.69) is 5.48 Å². The van der Waals surface area contributed by atoms with Crippen LogP contribution in [0.5, 0.6) is 0 Å². The van der Waals surface area contributed by atoms with E-state index in [1.807, 2.05) is 20.8 Å². The minimum atomic E-state index is -4.55. The van der Waals surface area contributed by atoms with Crippen LogP contribution < -0.4 is 5.48 Å². The average molecular weight is 368 g/mol. The molecule has 2 unspecified atom stereocenters. The van der Waals surface area contributed by atoms with Crippen LogP contribution in [0.25, 0.3) is 0 Å². The lowest BCUT2D eigenvalue weighted by molar-refractivity contribution is -0.129. The molecular weight excluding hydrogens is 345 g/mol. The standard InChI is InChI=1S/C15H23F3N2O3S/c1-14(2,3)23-20-12-6-4-11(5-7-12)13(10-19)24(21,22)9-8-15(16,17)18/h6,11,13,20H,4-5,7-9H2,1-3H3. The Labute approximate surface area is 140 Å². The van der Waals surface area contributed by atoms with E-state index < -0.39 is 45.0 Å². The Balaban J connectivity index is 2.69. The van der Waals surface area contributed by atoms with Crippen LogP contribution in [-0.2, 0) is 14.7 Å². The van der Waals surface area contributed by atoms with Crippen molar-refractivity contribution < 1.29 is 26.4 Å². The Morgan fingerprint density at radius 1 is 1.42 bits per heavy atom. The quantitative estimate of drug-likeness (QED) is 0.728. The van der Waals surface area contributed by atoms with Crippen LogP contribution in [0.1, 0.15) is 46.5 Å². The molecule has 0 saturated heterocycles. The highest BCUT2D eigenvalue weighted by Gasteiger charge is 2.37. The third-order valence-corrected chi connectivity index (χ3v) is 5.59. The summed E-state index contributed by atoms with van der Waals surface area (Å²) in [5.41, 5.74) is 3.19. The summed E-state index contributed by atoms with van der Waals surface area (Å²) >= 11 is 0. The number of nitrogens with zero attached hydrogens (tertiary/aromatic N) is 1. The van der Waals surface area contributed by atoms with Crippen LogP contribution in [0.15, 0.2) is 11.8 Å². The molecule has 1 rings (SSSR count). The van der Waals surface area contributed by atoms with Crippen molar-refractivity contribution in [3.63, 3.8) is 0 Å². The highest BCUT2D eigenvalue weighted by molar-refractivity contribution is 7.92. The molecule has 0 aromatic heterocycles. The normalized spacial score (nSPS) is 20.9. The predicted molar refractivity (Wildman–Crippen MR) is 83.3 cm³/mol. The van der Waals surface area contributed by atoms with E-state index in [1.165, 1.54) is 0 Å². The molecule has 1 aliphatic rings. The molecule has 0 saturated carbocycles. The second-order valence-electron chi connectivity index (χ2n) is 6.86. The van der Waals surface area contributed by atoms with E-state index in [0.717, 1.165) is 5.70 Å². The van der Waals surface area contributed by atoms with Crippen molar-refractivity contribution in [2.45, 2.75) is 63.5 Å². The first-order valence-electron chi connectivity index (χ1n) is 7.65. The summed E-state index contributed by atoms with van der Waals surface area (Å²) in [4.78, 5) is 5.41. The second-order valence-corrected chi connectivity index (χ2v) is 9.10. The Hall–Kier alpha value is -1.27. The summed E-state index contributed by atoms with van der Waals surface area (Å²) in [6.45, 7) is 5.60. The van der Waals surface area contributed by atoms with E-state index in [4.69, 9.17) is 10.1 Å². The molecule has 138 valence electrons. The van der Waals surface area contributed by atoms with Gasteiger partial charge in [0.15, 0.2) is 15.1 Å². The lowest BCUT2D eigenvalue weighted by Crippen LogP contribution is -2.34. The molecule has 2 atom stereocenters. The Morgan fingerprint density at radius 3 is 2.46 bits per heavy atom. The van der Waals surface area contributed by atoms with Gasteiger partial charge in [0, 0.05) is 5.70 Å². The SMILES string of the molecule is CC(C)(C)ONC1=CCC(C(C#N)S(=O)(=O)CCC(F)(F)F)CC1. The molecular formula is C15H23F3N2O3S. The van der Waals surface area contributed by atoms with Gasteiger partial charge in [-0.1, -0.05) is 6.08 Å². The maximum atomic E-state index is 12.2. The first-order chi connectivity index (χ1) is 10.8. The number of hydroxylamine groups is 1. The predicted octanol–water partition coefficient (Wildman–Crippen LogP) is 3.25. The number of alkyl halides is 3. The lowest BCUT2D eigenvalue weighted by atomic mass is 9.90. The van der Waals surface area contributed by atoms with Gasteiger partial charge in [0.05, 0.1) is 23.8 Å². The number of allylic oxidation sites excluding steroid dienone is 2. The number of rotatable bonds is 6. The van der Waals surface area contributed by atoms with Gasteiger partial charge in [-0.3, -0.25) is 10.3 Å². The number of hydrogen-bond donors (Lipinski definition) is 1. The zero-order valence-corrected chi connectivity index (χ0v) is 14.8. The molecule has 0 aromatic carbocycles. The third-order valence-electron chi connectivity index (χ3n) is 3.55. The summed E-state index contributed by atoms with van der Waals surface area (Å²) in [7, 11) is -4.12. The fraction of sp³-hybridized carbons (Fsp3) is 0.800. The highest BCUT2D eigenvalue weighted by atomic mass is 32.2. The summed E-state index contributed by atoms with van der Waals surface area (Å²) in [6.07, 6.45) is -3.06. The van der Waals surface area contributed by atoms with Gasteiger partial charge in [-0.05, 0) is 46.0 Å². The maximum Gasteiger partial charge on any atom is 0.390 e. The minimum absolute atomic E-state index is 0.305. The number of nitriles is 1. The van der Waals surface area contributed by atoms with Crippen LogP contribution in [0, 0.1) is 17.2 Å². The van der Waals surface area contributed by atoms with Crippen molar-refractivity contribution in [1.29, 1.82) is 5.26 Å². The fourth-order valence-electron chi connectivity index (χ4n) is 2.30. The van der Waals surface area contributed by atoms with Gasteiger partial charge in [0.2, 0.25) is 0 Å². The molecule has 0 spiro atoms. The average Bonchev–Trinajstić information content (AvgIpc) is 2.43. The van der Waals surface area contributed by atoms with E-state index >= 15 is 0 Å². The van der Waals surface area contributed by atoms with Crippen LogP contribution in [0.4, 0.5) is 13.2 Å². The van der Waals surface area contributed by atoms with Gasteiger partial charge >= 0.3 is 6.18 Å². The molecule has 5 nitrogen and oxygen atoms in total. The zero-order valence-electron chi connectivity index (χ0n) is 14.0. The first-order valence-corrected chi connectivity index (χ1v) is 9.36. The zero-order chi connectivity index (χ0) is 18.6. The van der Waals surface area contributed by atoms with Gasteiger partial charge in [-0.2, -0.15) is 18.4 Å². The lowest BCUT2D eigenvalue weighted by Gasteiger charge is -2.28. The van der Waals surface area contributed by atoms with E-state index in [-0.39, 0.29) is 0 Å². The molecule has 0 heterocycles. The topological polar surface area (TPSA) is 79.2 Å². The van der Waals surface area contributed by atoms with E-state index in [1.54, 1.807) is 12.1 Å². The van der Waals surface area contributed by atoms with Crippen LogP contribution >= 0.6 is 0 Å². The van der Waals surface area contributed by atoms with Crippen molar-refractivity contribution in [1.82, 2.24) is 5.48 Å². The number of halogens is 3. The van der Waals surface area contributed by atoms with E-state index in [0.29, 0.717) is 19.3 Å². The molecule has 1 aliphatic carbocycles. The summed E-state index contributed by atoms with van der Waals surface area (Å²) < 4.78 is 60.9. The first kappa shape index (κ1) is 20.8. The van der Waals surface area contributed by atoms with Crippen LogP contribution in [-0.4, -0.2) is 31.2 Å². The Kier molecular flexibility index (Phi) is 6.70. The molecule has 0 fully saturated rings. The Morgan fingerprint density at radius 2 is 2.04 bits per heavy atom. The van der Waals surface area contributed by atoms with Crippen molar-refractivity contribution in [2.24, 2.45) is 5.92 Å². The molecule has 0 radical (unpaired) electrons. The van der Waals surface area contributed by atoms with Crippen LogP contribution in [0.3, 0.4) is 0 Å². The number of sulfone groups is 1. The van der Waals surface area contributed by atoms with E-state index in [9.17, 15) is 21.6 Å². The second kappa shape index (κ2) is 7.74. The van der Waals surface area contributed by atoms with Gasteiger partial charge in [-0.15, -0.1) is 0 Å². The smallest absolute Gasteiger partial charge is 0.271 e. The molecule has 0 amide bonds. The molecule has 24 heavy (non-hydrogen) atoms. The summed E-state index contributed by atoms with van der Waals surface area (Å²) in [6, 6.07) is 1.68. The summed E-state index contributed by atoms with van der Waals surface area (Å²) in [5.74, 6) is -1.55. The van der Waals surface area contributed by atoms with Gasteiger partial charge in [0.1, 0.15) is 0 Å². The third kappa shape index (κ3) is 7.09. The largest absolute Gasteiger partial charge is 0.390 e. The summed E-state index contributed by atoms with van der Waals surface area (Å²) in [5, 5.41) is 7.73. The molecule has 0 aromatic rings. The van der Waals surface area contributed by atoms with Crippen molar-refractivity contribution in [3.8, 4) is 6.07 Å². The fourth-order valence-corrected chi connectivity index (χ4v) is 4.07. The van der Waals surface area contributed by atoms with Crippen molar-refractivity contribution in [2.75, 3.05) is 5.75 Å². The molecule has 1 N–H and O–H groups in total. The van der Waals surface area contributed by atoms with Crippen molar-refractivity contribution in [3.05, 3.63) is 11.8 Å². The maximum absolute atomic E-state index is 12.2. The molecule has 9 heteroatoms. The van der Waals surface area contributed by atoms with Crippen molar-refractivity contribution >= 4 is 9.84 Å². The van der Waals surface area contributed by atoms with Gasteiger partial charge in [-0.25, -0.2) is 8.42 Å². The highest BCUT2D eigenvalue weighted by Crippen LogP contribution is 2.30.